The van der Waals surface area contributed by atoms with Crippen LogP contribution in [0.3, 0.4) is 0 Å². The van der Waals surface area contributed by atoms with Crippen molar-refractivity contribution in [2.24, 2.45) is 11.8 Å². The van der Waals surface area contributed by atoms with Crippen LogP contribution in [0.1, 0.15) is 61.4 Å². The standard InChI is InChI=1S/C40H37ClFN5O3/c41-33-20-27(22-43)13-14-29(33)38-39-35(47(45-38)36-12-6-7-19-49-36)21-28(23-44-39)46-18-16-30-32(24-46)40(30,31-10-4-5-11-34(31)42)17-15-37(48)50-25-26-8-2-1-3-9-26/h1-5,8-11,13-14,20-21,23,30,32,36H,6-7,12,15-19,24-25H2/t30-,32+,36?,40-/m1/s1. The highest BCUT2D eigenvalue weighted by molar-refractivity contribution is 6.33. The topological polar surface area (TPSA) is 93.3 Å². The minimum Gasteiger partial charge on any atom is -0.461 e. The van der Waals surface area contributed by atoms with Gasteiger partial charge in [0.1, 0.15) is 23.6 Å². The lowest BCUT2D eigenvalue weighted by molar-refractivity contribution is -0.145. The fourth-order valence-corrected chi connectivity index (χ4v) is 8.62. The van der Waals surface area contributed by atoms with Crippen LogP contribution in [0.4, 0.5) is 10.1 Å². The van der Waals surface area contributed by atoms with Gasteiger partial charge in [0.15, 0.2) is 6.23 Å². The third-order valence-corrected chi connectivity index (χ3v) is 11.2. The first-order chi connectivity index (χ1) is 24.5. The van der Waals surface area contributed by atoms with Crippen molar-refractivity contribution in [3.05, 3.63) is 113 Å². The van der Waals surface area contributed by atoms with Gasteiger partial charge < -0.3 is 14.4 Å². The summed E-state index contributed by atoms with van der Waals surface area (Å²) in [6.45, 7) is 2.39. The molecule has 8 rings (SSSR count). The number of esters is 1. The largest absolute Gasteiger partial charge is 0.461 e. The molecule has 2 saturated heterocycles. The maximum absolute atomic E-state index is 15.5. The smallest absolute Gasteiger partial charge is 0.306 e. The summed E-state index contributed by atoms with van der Waals surface area (Å²) in [5.74, 6) is -0.0541. The van der Waals surface area contributed by atoms with Crippen LogP contribution in [-0.4, -0.2) is 40.4 Å². The predicted octanol–water partition coefficient (Wildman–Crippen LogP) is 8.38. The minimum atomic E-state index is -0.444. The van der Waals surface area contributed by atoms with E-state index in [-0.39, 0.29) is 42.9 Å². The van der Waals surface area contributed by atoms with Gasteiger partial charge >= 0.3 is 5.97 Å². The number of carbonyl (C=O) groups excluding carboxylic acids is 1. The molecular weight excluding hydrogens is 653 g/mol. The van der Waals surface area contributed by atoms with Gasteiger partial charge in [0, 0.05) is 37.1 Å². The third kappa shape index (κ3) is 5.91. The van der Waals surface area contributed by atoms with Gasteiger partial charge in [-0.15, -0.1) is 0 Å². The molecule has 0 spiro atoms. The first-order valence-electron chi connectivity index (χ1n) is 17.4. The lowest BCUT2D eigenvalue weighted by atomic mass is 9.86. The van der Waals surface area contributed by atoms with Crippen LogP contribution in [0.15, 0.2) is 85.1 Å². The Bertz CT molecular complexity index is 2090. The fraction of sp³-hybridized carbons (Fsp3) is 0.350. The van der Waals surface area contributed by atoms with Crippen molar-refractivity contribution >= 4 is 34.3 Å². The Labute approximate surface area is 295 Å². The van der Waals surface area contributed by atoms with Crippen molar-refractivity contribution < 1.29 is 18.7 Å². The molecule has 3 aliphatic rings. The van der Waals surface area contributed by atoms with E-state index in [1.54, 1.807) is 18.2 Å². The molecule has 4 atom stereocenters. The van der Waals surface area contributed by atoms with Crippen LogP contribution in [0.5, 0.6) is 0 Å². The molecule has 0 amide bonds. The number of nitriles is 1. The van der Waals surface area contributed by atoms with E-state index in [0.29, 0.717) is 52.5 Å². The van der Waals surface area contributed by atoms with Crippen molar-refractivity contribution in [2.45, 2.75) is 56.8 Å². The van der Waals surface area contributed by atoms with Gasteiger partial charge in [-0.3, -0.25) is 9.78 Å². The highest BCUT2D eigenvalue weighted by atomic mass is 35.5. The zero-order valence-corrected chi connectivity index (χ0v) is 28.4. The highest BCUT2D eigenvalue weighted by Crippen LogP contribution is 2.66. The Hall–Kier alpha value is -4.78. The molecule has 1 aliphatic carbocycles. The first kappa shape index (κ1) is 32.4. The number of aromatic nitrogens is 3. The third-order valence-electron chi connectivity index (χ3n) is 10.9. The van der Waals surface area contributed by atoms with Crippen LogP contribution in [0, 0.1) is 29.0 Å². The quantitative estimate of drug-likeness (QED) is 0.144. The zero-order valence-electron chi connectivity index (χ0n) is 27.6. The van der Waals surface area contributed by atoms with Gasteiger partial charge in [0.2, 0.25) is 0 Å². The second-order valence-corrected chi connectivity index (χ2v) is 14.0. The lowest BCUT2D eigenvalue weighted by Crippen LogP contribution is -2.31. The van der Waals surface area contributed by atoms with E-state index in [9.17, 15) is 10.1 Å². The van der Waals surface area contributed by atoms with Gasteiger partial charge in [-0.2, -0.15) is 10.4 Å². The van der Waals surface area contributed by atoms with E-state index in [1.807, 2.05) is 59.4 Å². The van der Waals surface area contributed by atoms with Crippen LogP contribution in [0.2, 0.25) is 5.02 Å². The van der Waals surface area contributed by atoms with Crippen molar-refractivity contribution in [3.63, 3.8) is 0 Å². The van der Waals surface area contributed by atoms with Gasteiger partial charge in [-0.1, -0.05) is 60.1 Å². The fourth-order valence-electron chi connectivity index (χ4n) is 8.35. The van der Waals surface area contributed by atoms with Gasteiger partial charge in [0.25, 0.3) is 0 Å². The average Bonchev–Trinajstić information content (AvgIpc) is 3.65. The highest BCUT2D eigenvalue weighted by Gasteiger charge is 2.66. The number of rotatable bonds is 9. The molecule has 3 aromatic carbocycles. The summed E-state index contributed by atoms with van der Waals surface area (Å²) in [4.78, 5) is 20.3. The molecule has 8 nitrogen and oxygen atoms in total. The summed E-state index contributed by atoms with van der Waals surface area (Å²) in [5, 5.41) is 14.8. The van der Waals surface area contributed by atoms with E-state index in [0.717, 1.165) is 49.0 Å². The SMILES string of the molecule is N#Cc1ccc(-c2nn(C3CCCCO3)c3cc(N4CC[C@@H]5[C@H](C4)[C@@]5(CCC(=O)OCc4ccccc4)c4ccccc4F)cnc23)c(Cl)c1. The van der Waals surface area contributed by atoms with Crippen molar-refractivity contribution in [1.29, 1.82) is 5.26 Å². The van der Waals surface area contributed by atoms with Crippen LogP contribution < -0.4 is 4.90 Å². The number of halogens is 2. The molecule has 1 unspecified atom stereocenters. The molecule has 0 N–H and O–H groups in total. The van der Waals surface area contributed by atoms with Gasteiger partial charge in [0.05, 0.1) is 34.1 Å². The molecule has 0 radical (unpaired) electrons. The Balaban J connectivity index is 1.08. The van der Waals surface area contributed by atoms with Gasteiger partial charge in [-0.25, -0.2) is 9.07 Å². The van der Waals surface area contributed by atoms with E-state index in [4.69, 9.17) is 31.2 Å². The molecule has 10 heteroatoms. The summed E-state index contributed by atoms with van der Waals surface area (Å²) in [6, 6.07) is 26.1. The molecule has 3 fully saturated rings. The number of pyridine rings is 1. The lowest BCUT2D eigenvalue weighted by Gasteiger charge is -2.28. The number of nitrogens with zero attached hydrogens (tertiary/aromatic N) is 5. The maximum atomic E-state index is 15.5. The summed E-state index contributed by atoms with van der Waals surface area (Å²) in [7, 11) is 0. The normalized spacial score (nSPS) is 22.9. The van der Waals surface area contributed by atoms with Crippen molar-refractivity contribution in [3.8, 4) is 17.3 Å². The summed E-state index contributed by atoms with van der Waals surface area (Å²) >= 11 is 6.67. The summed E-state index contributed by atoms with van der Waals surface area (Å²) in [6.07, 6.45) is 6.18. The number of anilines is 1. The van der Waals surface area contributed by atoms with Crippen molar-refractivity contribution in [1.82, 2.24) is 14.8 Å². The summed E-state index contributed by atoms with van der Waals surface area (Å²) < 4.78 is 29.2. The molecule has 0 bridgehead atoms. The number of hydrogen-bond acceptors (Lipinski definition) is 7. The number of piperidine rings is 1. The van der Waals surface area contributed by atoms with Crippen LogP contribution >= 0.6 is 11.6 Å². The number of fused-ring (bicyclic) bond motifs is 2. The Kier molecular flexibility index (Phi) is 8.76. The molecule has 1 saturated carbocycles. The number of carbonyl (C=O) groups is 1. The second kappa shape index (κ2) is 13.5. The number of hydrogen-bond donors (Lipinski definition) is 0. The predicted molar refractivity (Wildman–Crippen MR) is 189 cm³/mol. The Morgan fingerprint density at radius 2 is 1.90 bits per heavy atom. The van der Waals surface area contributed by atoms with E-state index >= 15 is 4.39 Å². The summed E-state index contributed by atoms with van der Waals surface area (Å²) in [5.41, 5.74) is 5.55. The van der Waals surface area contributed by atoms with Crippen LogP contribution in [-0.2, 0) is 26.3 Å². The zero-order chi connectivity index (χ0) is 34.2. The molecule has 2 aromatic heterocycles. The van der Waals surface area contributed by atoms with Gasteiger partial charge in [-0.05, 0) is 85.4 Å². The van der Waals surface area contributed by atoms with E-state index in [2.05, 4.69) is 17.0 Å². The molecule has 4 heterocycles. The molecule has 5 aromatic rings. The molecule has 254 valence electrons. The molecule has 50 heavy (non-hydrogen) atoms. The van der Waals surface area contributed by atoms with Crippen molar-refractivity contribution in [2.75, 3.05) is 24.6 Å². The molecular formula is C40H37ClFN5O3. The number of benzene rings is 3. The van der Waals surface area contributed by atoms with E-state index < -0.39 is 5.41 Å². The number of ether oxygens (including phenoxy) is 2. The average molecular weight is 690 g/mol. The second-order valence-electron chi connectivity index (χ2n) is 13.6. The minimum absolute atomic E-state index is 0.172. The van der Waals surface area contributed by atoms with E-state index in [1.165, 1.54) is 6.07 Å². The first-order valence-corrected chi connectivity index (χ1v) is 17.7. The monoisotopic (exact) mass is 689 g/mol. The molecule has 2 aliphatic heterocycles. The van der Waals surface area contributed by atoms with Crippen LogP contribution in [0.25, 0.3) is 22.3 Å². The Morgan fingerprint density at radius 3 is 2.68 bits per heavy atom. The maximum Gasteiger partial charge on any atom is 0.306 e. The Morgan fingerprint density at radius 1 is 1.06 bits per heavy atom.